The van der Waals surface area contributed by atoms with Crippen molar-refractivity contribution in [2.45, 2.75) is 58.9 Å². The van der Waals surface area contributed by atoms with E-state index in [-0.39, 0.29) is 0 Å². The molecular weight excluding hydrogens is 238 g/mol. The number of nitrogens with one attached hydrogen (secondary N) is 1. The standard InChI is InChI=1S/C16H29NS/c1-13(2)11-14(3)12-15(17-4)7-5-8-16-9-6-10-18-16/h6,9-10,13-15,17H,5,7-8,11-12H2,1-4H3. The Hall–Kier alpha value is -0.340. The molecule has 1 heterocycles. The summed E-state index contributed by atoms with van der Waals surface area (Å²) in [6.07, 6.45) is 6.52. The first-order valence-corrected chi connectivity index (χ1v) is 8.19. The second kappa shape index (κ2) is 8.71. The quantitative estimate of drug-likeness (QED) is 0.682. The first-order valence-electron chi connectivity index (χ1n) is 7.31. The van der Waals surface area contributed by atoms with Crippen LogP contribution in [0.2, 0.25) is 0 Å². The molecule has 1 aromatic rings. The number of aryl methyl sites for hydroxylation is 1. The van der Waals surface area contributed by atoms with Crippen LogP contribution in [0.5, 0.6) is 0 Å². The van der Waals surface area contributed by atoms with Crippen LogP contribution >= 0.6 is 11.3 Å². The summed E-state index contributed by atoms with van der Waals surface area (Å²) < 4.78 is 0. The zero-order valence-corrected chi connectivity index (χ0v) is 13.2. The maximum absolute atomic E-state index is 3.49. The third-order valence-electron chi connectivity index (χ3n) is 3.52. The molecule has 0 saturated carbocycles. The Morgan fingerprint density at radius 3 is 2.56 bits per heavy atom. The molecule has 0 amide bonds. The van der Waals surface area contributed by atoms with E-state index in [9.17, 15) is 0 Å². The highest BCUT2D eigenvalue weighted by atomic mass is 32.1. The highest BCUT2D eigenvalue weighted by molar-refractivity contribution is 7.09. The Morgan fingerprint density at radius 1 is 1.22 bits per heavy atom. The molecule has 2 atom stereocenters. The van der Waals surface area contributed by atoms with Crippen LogP contribution in [0.25, 0.3) is 0 Å². The minimum absolute atomic E-state index is 0.693. The summed E-state index contributed by atoms with van der Waals surface area (Å²) in [5.74, 6) is 1.66. The van der Waals surface area contributed by atoms with Gasteiger partial charge in [-0.3, -0.25) is 0 Å². The van der Waals surface area contributed by atoms with Crippen molar-refractivity contribution in [2.75, 3.05) is 7.05 Å². The molecule has 0 spiro atoms. The van der Waals surface area contributed by atoms with Crippen molar-refractivity contribution >= 4 is 11.3 Å². The van der Waals surface area contributed by atoms with Crippen LogP contribution in [0.3, 0.4) is 0 Å². The molecule has 1 nitrogen and oxygen atoms in total. The predicted octanol–water partition coefficient (Wildman–Crippen LogP) is 4.73. The van der Waals surface area contributed by atoms with E-state index in [0.29, 0.717) is 6.04 Å². The van der Waals surface area contributed by atoms with Gasteiger partial charge in [0.05, 0.1) is 0 Å². The first kappa shape index (κ1) is 15.7. The van der Waals surface area contributed by atoms with E-state index >= 15 is 0 Å². The Morgan fingerprint density at radius 2 is 2.00 bits per heavy atom. The molecule has 2 unspecified atom stereocenters. The Kier molecular flexibility index (Phi) is 7.60. The lowest BCUT2D eigenvalue weighted by molar-refractivity contribution is 0.348. The molecule has 1 N–H and O–H groups in total. The summed E-state index contributed by atoms with van der Waals surface area (Å²) in [6, 6.07) is 5.10. The fraction of sp³-hybridized carbons (Fsp3) is 0.750. The molecule has 0 aromatic carbocycles. The molecule has 0 saturated heterocycles. The maximum atomic E-state index is 3.49. The van der Waals surface area contributed by atoms with Crippen molar-refractivity contribution in [2.24, 2.45) is 11.8 Å². The van der Waals surface area contributed by atoms with Crippen molar-refractivity contribution in [1.29, 1.82) is 0 Å². The summed E-state index contributed by atoms with van der Waals surface area (Å²) in [5, 5.41) is 5.67. The minimum Gasteiger partial charge on any atom is -0.317 e. The normalized spacial score (nSPS) is 14.9. The smallest absolute Gasteiger partial charge is 0.00667 e. The van der Waals surface area contributed by atoms with Crippen LogP contribution in [-0.2, 0) is 6.42 Å². The Balaban J connectivity index is 2.20. The van der Waals surface area contributed by atoms with E-state index in [1.807, 2.05) is 11.3 Å². The van der Waals surface area contributed by atoms with Gasteiger partial charge in [0.1, 0.15) is 0 Å². The molecule has 18 heavy (non-hydrogen) atoms. The van der Waals surface area contributed by atoms with Crippen molar-refractivity contribution in [3.05, 3.63) is 22.4 Å². The summed E-state index contributed by atoms with van der Waals surface area (Å²) in [5.41, 5.74) is 0. The fourth-order valence-electron chi connectivity index (χ4n) is 2.74. The van der Waals surface area contributed by atoms with Crippen molar-refractivity contribution in [3.63, 3.8) is 0 Å². The zero-order valence-electron chi connectivity index (χ0n) is 12.4. The topological polar surface area (TPSA) is 12.0 Å². The second-order valence-corrected chi connectivity index (χ2v) is 6.96. The van der Waals surface area contributed by atoms with Gasteiger partial charge in [-0.2, -0.15) is 0 Å². The second-order valence-electron chi connectivity index (χ2n) is 5.93. The van der Waals surface area contributed by atoms with Crippen LogP contribution in [0.1, 0.15) is 51.3 Å². The molecule has 0 aliphatic carbocycles. The largest absolute Gasteiger partial charge is 0.317 e. The third kappa shape index (κ3) is 6.55. The van der Waals surface area contributed by atoms with E-state index < -0.39 is 0 Å². The van der Waals surface area contributed by atoms with Crippen LogP contribution < -0.4 is 5.32 Å². The van der Waals surface area contributed by atoms with E-state index in [2.05, 4.69) is 50.6 Å². The highest BCUT2D eigenvalue weighted by Gasteiger charge is 2.12. The fourth-order valence-corrected chi connectivity index (χ4v) is 3.50. The van der Waals surface area contributed by atoms with E-state index in [1.165, 1.54) is 37.0 Å². The first-order chi connectivity index (χ1) is 8.61. The van der Waals surface area contributed by atoms with E-state index in [4.69, 9.17) is 0 Å². The van der Waals surface area contributed by atoms with Gasteiger partial charge in [0.25, 0.3) is 0 Å². The molecule has 0 aliphatic rings. The minimum atomic E-state index is 0.693. The SMILES string of the molecule is CNC(CCCc1cccs1)CC(C)CC(C)C. The van der Waals surface area contributed by atoms with Crippen LogP contribution in [-0.4, -0.2) is 13.1 Å². The number of thiophene rings is 1. The Bertz CT molecular complexity index is 292. The zero-order chi connectivity index (χ0) is 13.4. The lowest BCUT2D eigenvalue weighted by Gasteiger charge is -2.21. The van der Waals surface area contributed by atoms with E-state index in [0.717, 1.165) is 11.8 Å². The van der Waals surface area contributed by atoms with Crippen LogP contribution in [0.15, 0.2) is 17.5 Å². The molecular formula is C16H29NS. The highest BCUT2D eigenvalue weighted by Crippen LogP contribution is 2.19. The molecule has 1 aromatic heterocycles. The molecule has 0 aliphatic heterocycles. The summed E-state index contributed by atoms with van der Waals surface area (Å²) in [6.45, 7) is 7.03. The van der Waals surface area contributed by atoms with Gasteiger partial charge in [-0.05, 0) is 62.4 Å². The van der Waals surface area contributed by atoms with Gasteiger partial charge in [-0.1, -0.05) is 26.8 Å². The lowest BCUT2D eigenvalue weighted by Crippen LogP contribution is -2.27. The maximum Gasteiger partial charge on any atom is 0.00667 e. The van der Waals surface area contributed by atoms with Gasteiger partial charge in [-0.15, -0.1) is 11.3 Å². The average molecular weight is 267 g/mol. The van der Waals surface area contributed by atoms with Crippen molar-refractivity contribution in [1.82, 2.24) is 5.32 Å². The molecule has 1 rings (SSSR count). The van der Waals surface area contributed by atoms with Gasteiger partial charge in [-0.25, -0.2) is 0 Å². The molecule has 2 heteroatoms. The summed E-state index contributed by atoms with van der Waals surface area (Å²) in [7, 11) is 2.11. The third-order valence-corrected chi connectivity index (χ3v) is 4.46. The number of hydrogen-bond acceptors (Lipinski definition) is 2. The monoisotopic (exact) mass is 267 g/mol. The number of hydrogen-bond donors (Lipinski definition) is 1. The van der Waals surface area contributed by atoms with Crippen molar-refractivity contribution < 1.29 is 0 Å². The molecule has 0 fully saturated rings. The van der Waals surface area contributed by atoms with Gasteiger partial charge >= 0.3 is 0 Å². The van der Waals surface area contributed by atoms with Crippen molar-refractivity contribution in [3.8, 4) is 0 Å². The van der Waals surface area contributed by atoms with Gasteiger partial charge in [0, 0.05) is 10.9 Å². The van der Waals surface area contributed by atoms with Crippen LogP contribution in [0, 0.1) is 11.8 Å². The molecule has 0 bridgehead atoms. The lowest BCUT2D eigenvalue weighted by atomic mass is 9.91. The molecule has 0 radical (unpaired) electrons. The van der Waals surface area contributed by atoms with Gasteiger partial charge in [0.2, 0.25) is 0 Å². The van der Waals surface area contributed by atoms with Gasteiger partial charge in [0.15, 0.2) is 0 Å². The predicted molar refractivity (Wildman–Crippen MR) is 83.3 cm³/mol. The summed E-state index contributed by atoms with van der Waals surface area (Å²) in [4.78, 5) is 1.53. The van der Waals surface area contributed by atoms with Gasteiger partial charge < -0.3 is 5.32 Å². The van der Waals surface area contributed by atoms with E-state index in [1.54, 1.807) is 0 Å². The summed E-state index contributed by atoms with van der Waals surface area (Å²) >= 11 is 1.88. The van der Waals surface area contributed by atoms with Crippen LogP contribution in [0.4, 0.5) is 0 Å². The average Bonchev–Trinajstić information content (AvgIpc) is 2.79. The molecule has 104 valence electrons. The number of rotatable bonds is 9. The Labute approximate surface area is 117 Å².